The molecule has 0 saturated carbocycles. The molecule has 1 aromatic rings. The fraction of sp³-hybridized carbons (Fsp3) is 0.545. The van der Waals surface area contributed by atoms with Gasteiger partial charge in [0.05, 0.1) is 6.42 Å². The van der Waals surface area contributed by atoms with E-state index in [0.717, 1.165) is 11.5 Å². The molecule has 4 nitrogen and oxygen atoms in total. The molecular weight excluding hydrogens is 192 g/mol. The van der Waals surface area contributed by atoms with Crippen molar-refractivity contribution in [1.29, 1.82) is 0 Å². The van der Waals surface area contributed by atoms with E-state index < -0.39 is 5.97 Å². The van der Waals surface area contributed by atoms with Crippen molar-refractivity contribution in [2.45, 2.75) is 39.0 Å². The zero-order valence-corrected chi connectivity index (χ0v) is 9.32. The number of aryl methyl sites for hydroxylation is 1. The number of carbonyl (C=O) groups is 1. The Morgan fingerprint density at radius 2 is 2.13 bits per heavy atom. The first-order valence-electron chi connectivity index (χ1n) is 4.94. The van der Waals surface area contributed by atoms with E-state index in [4.69, 9.17) is 5.11 Å². The molecule has 0 amide bonds. The first-order valence-corrected chi connectivity index (χ1v) is 4.94. The molecule has 0 saturated heterocycles. The summed E-state index contributed by atoms with van der Waals surface area (Å²) in [6.07, 6.45) is 2.26. The van der Waals surface area contributed by atoms with Gasteiger partial charge in [-0.3, -0.25) is 4.79 Å². The highest BCUT2D eigenvalue weighted by molar-refractivity contribution is 5.66. The minimum atomic E-state index is -0.800. The van der Waals surface area contributed by atoms with Crippen LogP contribution in [0.4, 0.5) is 0 Å². The fourth-order valence-electron chi connectivity index (χ4n) is 1.13. The molecule has 0 aliphatic carbocycles. The van der Waals surface area contributed by atoms with Crippen molar-refractivity contribution in [1.82, 2.24) is 9.97 Å². The van der Waals surface area contributed by atoms with Crippen LogP contribution in [0.25, 0.3) is 0 Å². The van der Waals surface area contributed by atoms with Gasteiger partial charge in [-0.15, -0.1) is 0 Å². The van der Waals surface area contributed by atoms with Crippen molar-refractivity contribution < 1.29 is 9.90 Å². The van der Waals surface area contributed by atoms with Crippen LogP contribution < -0.4 is 0 Å². The SMILES string of the molecule is CC(C)(C)c1nccc(CCC(=O)O)n1. The predicted molar refractivity (Wildman–Crippen MR) is 56.7 cm³/mol. The second-order valence-electron chi connectivity index (χ2n) is 4.52. The van der Waals surface area contributed by atoms with Crippen molar-refractivity contribution in [3.63, 3.8) is 0 Å². The monoisotopic (exact) mass is 208 g/mol. The number of aromatic nitrogens is 2. The van der Waals surface area contributed by atoms with Crippen LogP contribution in [-0.2, 0) is 16.6 Å². The van der Waals surface area contributed by atoms with E-state index in [0.29, 0.717) is 6.42 Å². The number of carboxylic acids is 1. The summed E-state index contributed by atoms with van der Waals surface area (Å²) < 4.78 is 0. The molecule has 15 heavy (non-hydrogen) atoms. The molecule has 0 aromatic carbocycles. The van der Waals surface area contributed by atoms with Crippen LogP contribution in [0.15, 0.2) is 12.3 Å². The molecule has 0 fully saturated rings. The molecule has 0 atom stereocenters. The van der Waals surface area contributed by atoms with E-state index in [1.165, 1.54) is 0 Å². The number of hydrogen-bond acceptors (Lipinski definition) is 3. The molecule has 0 aliphatic rings. The van der Waals surface area contributed by atoms with Gasteiger partial charge in [-0.1, -0.05) is 20.8 Å². The van der Waals surface area contributed by atoms with Crippen LogP contribution in [0.1, 0.15) is 38.7 Å². The third-order valence-electron chi connectivity index (χ3n) is 1.98. The first-order chi connectivity index (χ1) is 6.89. The number of carboxylic acid groups (broad SMARTS) is 1. The Morgan fingerprint density at radius 1 is 1.47 bits per heavy atom. The third-order valence-corrected chi connectivity index (χ3v) is 1.98. The summed E-state index contributed by atoms with van der Waals surface area (Å²) in [5, 5.41) is 8.56. The van der Waals surface area contributed by atoms with E-state index in [-0.39, 0.29) is 11.8 Å². The zero-order valence-electron chi connectivity index (χ0n) is 9.32. The van der Waals surface area contributed by atoms with Crippen LogP contribution in [0.5, 0.6) is 0 Å². The molecule has 0 spiro atoms. The summed E-state index contributed by atoms with van der Waals surface area (Å²) in [6, 6.07) is 1.76. The lowest BCUT2D eigenvalue weighted by Crippen LogP contribution is -2.16. The summed E-state index contributed by atoms with van der Waals surface area (Å²) in [5.74, 6) is -0.0451. The van der Waals surface area contributed by atoms with Gasteiger partial charge in [0.1, 0.15) is 5.82 Å². The Labute approximate surface area is 89.4 Å². The molecule has 1 N–H and O–H groups in total. The van der Waals surface area contributed by atoms with E-state index in [9.17, 15) is 4.79 Å². The maximum absolute atomic E-state index is 10.4. The highest BCUT2D eigenvalue weighted by Crippen LogP contribution is 2.17. The van der Waals surface area contributed by atoms with Gasteiger partial charge < -0.3 is 5.11 Å². The molecule has 4 heteroatoms. The second-order valence-corrected chi connectivity index (χ2v) is 4.52. The average Bonchev–Trinajstić information content (AvgIpc) is 2.14. The van der Waals surface area contributed by atoms with Gasteiger partial charge in [0.15, 0.2) is 0 Å². The summed E-state index contributed by atoms with van der Waals surface area (Å²) >= 11 is 0. The zero-order chi connectivity index (χ0) is 11.5. The lowest BCUT2D eigenvalue weighted by molar-refractivity contribution is -0.136. The number of nitrogens with zero attached hydrogens (tertiary/aromatic N) is 2. The topological polar surface area (TPSA) is 63.1 Å². The molecule has 0 unspecified atom stereocenters. The number of aliphatic carboxylic acids is 1. The molecule has 1 heterocycles. The molecule has 0 bridgehead atoms. The molecular formula is C11H16N2O2. The average molecular weight is 208 g/mol. The van der Waals surface area contributed by atoms with Gasteiger partial charge in [-0.25, -0.2) is 9.97 Å². The Kier molecular flexibility index (Phi) is 3.39. The van der Waals surface area contributed by atoms with E-state index in [1.54, 1.807) is 12.3 Å². The van der Waals surface area contributed by atoms with E-state index in [2.05, 4.69) is 9.97 Å². The van der Waals surface area contributed by atoms with Crippen LogP contribution in [0.2, 0.25) is 0 Å². The summed E-state index contributed by atoms with van der Waals surface area (Å²) in [6.45, 7) is 6.09. The maximum atomic E-state index is 10.4. The van der Waals surface area contributed by atoms with Crippen molar-refractivity contribution >= 4 is 5.97 Å². The first kappa shape index (κ1) is 11.6. The predicted octanol–water partition coefficient (Wildman–Crippen LogP) is 1.79. The lowest BCUT2D eigenvalue weighted by Gasteiger charge is -2.16. The number of rotatable bonds is 3. The molecule has 1 rings (SSSR count). The summed E-state index contributed by atoms with van der Waals surface area (Å²) in [5.41, 5.74) is 0.691. The van der Waals surface area contributed by atoms with Crippen LogP contribution in [-0.4, -0.2) is 21.0 Å². The van der Waals surface area contributed by atoms with Crippen molar-refractivity contribution in [3.05, 3.63) is 23.8 Å². The molecule has 82 valence electrons. The Balaban J connectivity index is 2.79. The third kappa shape index (κ3) is 3.65. The van der Waals surface area contributed by atoms with Gasteiger partial charge in [-0.05, 0) is 6.07 Å². The molecule has 0 radical (unpaired) electrons. The van der Waals surface area contributed by atoms with Crippen molar-refractivity contribution in [2.75, 3.05) is 0 Å². The fourth-order valence-corrected chi connectivity index (χ4v) is 1.13. The van der Waals surface area contributed by atoms with Crippen LogP contribution >= 0.6 is 0 Å². The van der Waals surface area contributed by atoms with Gasteiger partial charge >= 0.3 is 5.97 Å². The van der Waals surface area contributed by atoms with Crippen LogP contribution in [0, 0.1) is 0 Å². The number of hydrogen-bond donors (Lipinski definition) is 1. The second kappa shape index (κ2) is 4.38. The highest BCUT2D eigenvalue weighted by Gasteiger charge is 2.17. The molecule has 1 aromatic heterocycles. The van der Waals surface area contributed by atoms with Crippen molar-refractivity contribution in [3.8, 4) is 0 Å². The standard InChI is InChI=1S/C11H16N2O2/c1-11(2,3)10-12-7-6-8(13-10)4-5-9(14)15/h6-7H,4-5H2,1-3H3,(H,14,15). The smallest absolute Gasteiger partial charge is 0.303 e. The quantitative estimate of drug-likeness (QED) is 0.822. The highest BCUT2D eigenvalue weighted by atomic mass is 16.4. The van der Waals surface area contributed by atoms with Gasteiger partial charge in [0.25, 0.3) is 0 Å². The minimum Gasteiger partial charge on any atom is -0.481 e. The summed E-state index contributed by atoms with van der Waals surface area (Å²) in [7, 11) is 0. The largest absolute Gasteiger partial charge is 0.481 e. The minimum absolute atomic E-state index is 0.0980. The van der Waals surface area contributed by atoms with E-state index in [1.807, 2.05) is 20.8 Å². The van der Waals surface area contributed by atoms with Gasteiger partial charge in [0, 0.05) is 23.7 Å². The summed E-state index contributed by atoms with van der Waals surface area (Å²) in [4.78, 5) is 18.9. The van der Waals surface area contributed by atoms with E-state index >= 15 is 0 Å². The maximum Gasteiger partial charge on any atom is 0.303 e. The normalized spacial score (nSPS) is 11.4. The Bertz CT molecular complexity index is 356. The Hall–Kier alpha value is -1.45. The van der Waals surface area contributed by atoms with Crippen LogP contribution in [0.3, 0.4) is 0 Å². The Morgan fingerprint density at radius 3 is 2.67 bits per heavy atom. The molecule has 0 aliphatic heterocycles. The van der Waals surface area contributed by atoms with Gasteiger partial charge in [-0.2, -0.15) is 0 Å². The van der Waals surface area contributed by atoms with Gasteiger partial charge in [0.2, 0.25) is 0 Å². The lowest BCUT2D eigenvalue weighted by atomic mass is 9.95. The van der Waals surface area contributed by atoms with Crippen molar-refractivity contribution in [2.24, 2.45) is 0 Å².